The molecule has 15 heteroatoms. The largest absolute Gasteiger partial charge is 0.394 e. The highest BCUT2D eigenvalue weighted by atomic mass is 19.1. The van der Waals surface area contributed by atoms with Crippen molar-refractivity contribution in [3.63, 3.8) is 0 Å². The average Bonchev–Trinajstić information content (AvgIpc) is 2.83. The van der Waals surface area contributed by atoms with Crippen LogP contribution in [-0.2, 0) is 23.7 Å². The molecule has 36 heavy (non-hydrogen) atoms. The molecular formula is C21H40FN5O9. The minimum atomic E-state index is -1.82. The van der Waals surface area contributed by atoms with Crippen molar-refractivity contribution in [2.75, 3.05) is 13.7 Å². The standard InChI is InChI=1S/C21H40FN5O9/c1-27-15-17(31)19-10(33-21(15)34-12-4-9(29)14(26)11(5-28)32-12)3-8(25)20(36-19)35-18-7(24)2-6(23)16(30)13(18)22/h6-21,27-31H,2-5,23-26H2,1H3/t6-,7?,8?,9?,10+,11?,12-,13-,14+,15?,16?,17?,18-,19?,20+,21?/m1/s1. The van der Waals surface area contributed by atoms with Gasteiger partial charge in [-0.25, -0.2) is 4.39 Å². The van der Waals surface area contributed by atoms with E-state index in [-0.39, 0.29) is 19.3 Å². The summed E-state index contributed by atoms with van der Waals surface area (Å²) in [4.78, 5) is 0. The summed E-state index contributed by atoms with van der Waals surface area (Å²) in [6.07, 6.45) is -11.6. The summed E-state index contributed by atoms with van der Waals surface area (Å²) in [6, 6.07) is -3.89. The summed E-state index contributed by atoms with van der Waals surface area (Å²) in [5.41, 5.74) is 23.9. The lowest BCUT2D eigenvalue weighted by Gasteiger charge is -2.51. The molecule has 13 N–H and O–H groups in total. The molecule has 4 aliphatic rings. The van der Waals surface area contributed by atoms with Gasteiger partial charge in [-0.05, 0) is 19.9 Å². The Morgan fingerprint density at radius 2 is 1.61 bits per heavy atom. The van der Waals surface area contributed by atoms with E-state index in [0.29, 0.717) is 0 Å². The van der Waals surface area contributed by atoms with E-state index in [1.165, 1.54) is 0 Å². The normalized spacial score (nSPS) is 54.2. The fourth-order valence-corrected chi connectivity index (χ4v) is 5.40. The Labute approximate surface area is 208 Å². The molecule has 0 spiro atoms. The molecule has 1 saturated carbocycles. The Morgan fingerprint density at radius 3 is 2.28 bits per heavy atom. The summed E-state index contributed by atoms with van der Waals surface area (Å²) in [6.45, 7) is -0.399. The van der Waals surface area contributed by atoms with E-state index in [2.05, 4.69) is 5.32 Å². The van der Waals surface area contributed by atoms with Gasteiger partial charge in [0.05, 0.1) is 36.9 Å². The van der Waals surface area contributed by atoms with Gasteiger partial charge in [-0.15, -0.1) is 0 Å². The van der Waals surface area contributed by atoms with Crippen molar-refractivity contribution in [1.82, 2.24) is 5.32 Å². The molecule has 3 aliphatic heterocycles. The van der Waals surface area contributed by atoms with Crippen LogP contribution in [0.3, 0.4) is 0 Å². The monoisotopic (exact) mass is 525 g/mol. The van der Waals surface area contributed by atoms with Crippen LogP contribution in [0.2, 0.25) is 0 Å². The number of aliphatic hydroxyl groups is 4. The average molecular weight is 526 g/mol. The molecule has 210 valence electrons. The van der Waals surface area contributed by atoms with Gasteiger partial charge in [0.2, 0.25) is 0 Å². The molecule has 0 aromatic heterocycles. The minimum Gasteiger partial charge on any atom is -0.394 e. The quantitative estimate of drug-likeness (QED) is 0.158. The zero-order valence-corrected chi connectivity index (χ0v) is 20.1. The third kappa shape index (κ3) is 5.55. The molecule has 3 saturated heterocycles. The molecule has 0 bridgehead atoms. The number of ether oxygens (including phenoxy) is 5. The molecule has 0 aromatic carbocycles. The summed E-state index contributed by atoms with van der Waals surface area (Å²) < 4.78 is 44.1. The van der Waals surface area contributed by atoms with Gasteiger partial charge in [-0.2, -0.15) is 0 Å². The molecular weight excluding hydrogens is 485 g/mol. The zero-order valence-electron chi connectivity index (χ0n) is 20.1. The van der Waals surface area contributed by atoms with Crippen LogP contribution in [0.5, 0.6) is 0 Å². The van der Waals surface area contributed by atoms with Crippen molar-refractivity contribution in [3.05, 3.63) is 0 Å². The number of alkyl halides is 1. The summed E-state index contributed by atoms with van der Waals surface area (Å²) in [7, 11) is 1.60. The molecule has 4 rings (SSSR count). The number of hydrogen-bond acceptors (Lipinski definition) is 14. The summed E-state index contributed by atoms with van der Waals surface area (Å²) in [5, 5.41) is 43.7. The van der Waals surface area contributed by atoms with E-state index in [0.717, 1.165) is 0 Å². The number of rotatable bonds is 6. The first-order valence-corrected chi connectivity index (χ1v) is 12.3. The Kier molecular flexibility index (Phi) is 9.17. The second-order valence-corrected chi connectivity index (χ2v) is 10.1. The van der Waals surface area contributed by atoms with Crippen molar-refractivity contribution in [1.29, 1.82) is 0 Å². The van der Waals surface area contributed by atoms with Crippen LogP contribution in [0.1, 0.15) is 19.3 Å². The van der Waals surface area contributed by atoms with Gasteiger partial charge in [0.15, 0.2) is 25.0 Å². The van der Waals surface area contributed by atoms with Gasteiger partial charge < -0.3 is 72.4 Å². The van der Waals surface area contributed by atoms with Gasteiger partial charge in [-0.3, -0.25) is 0 Å². The number of halogens is 1. The minimum absolute atomic E-state index is 0.0473. The number of hydrogen-bond donors (Lipinski definition) is 9. The van der Waals surface area contributed by atoms with Gasteiger partial charge in [0, 0.05) is 18.5 Å². The second-order valence-electron chi connectivity index (χ2n) is 10.1. The second kappa shape index (κ2) is 11.6. The highest BCUT2D eigenvalue weighted by molar-refractivity contribution is 5.01. The lowest BCUT2D eigenvalue weighted by molar-refractivity contribution is -0.360. The van der Waals surface area contributed by atoms with Crippen molar-refractivity contribution in [3.8, 4) is 0 Å². The van der Waals surface area contributed by atoms with Crippen molar-refractivity contribution in [2.45, 2.75) is 117 Å². The third-order valence-electron chi connectivity index (χ3n) is 7.59. The van der Waals surface area contributed by atoms with Gasteiger partial charge >= 0.3 is 0 Å². The van der Waals surface area contributed by atoms with Gasteiger partial charge in [-0.1, -0.05) is 0 Å². The lowest BCUT2D eigenvalue weighted by atomic mass is 9.85. The molecule has 0 radical (unpaired) electrons. The van der Waals surface area contributed by atoms with E-state index in [9.17, 15) is 24.8 Å². The van der Waals surface area contributed by atoms with Crippen LogP contribution < -0.4 is 28.3 Å². The number of nitrogens with one attached hydrogen (secondary N) is 1. The summed E-state index contributed by atoms with van der Waals surface area (Å²) in [5.74, 6) is 0. The van der Waals surface area contributed by atoms with Crippen molar-refractivity contribution in [2.24, 2.45) is 22.9 Å². The van der Waals surface area contributed by atoms with Crippen LogP contribution in [0.15, 0.2) is 0 Å². The molecule has 0 aromatic rings. The maximum absolute atomic E-state index is 14.7. The number of likely N-dealkylation sites (N-methyl/N-ethyl adjacent to an activating group) is 1. The Bertz CT molecular complexity index is 731. The van der Waals surface area contributed by atoms with Crippen LogP contribution in [0, 0.1) is 0 Å². The topological polar surface area (TPSA) is 243 Å². The predicted octanol–water partition coefficient (Wildman–Crippen LogP) is -4.94. The van der Waals surface area contributed by atoms with Gasteiger partial charge in [0.1, 0.15) is 30.5 Å². The first-order valence-electron chi connectivity index (χ1n) is 12.3. The van der Waals surface area contributed by atoms with Crippen LogP contribution in [0.25, 0.3) is 0 Å². The molecule has 1 aliphatic carbocycles. The first-order chi connectivity index (χ1) is 17.0. The van der Waals surface area contributed by atoms with Crippen LogP contribution in [-0.4, -0.2) is 132 Å². The van der Waals surface area contributed by atoms with E-state index < -0.39 is 105 Å². The zero-order chi connectivity index (χ0) is 26.3. The highest BCUT2D eigenvalue weighted by Crippen LogP contribution is 2.35. The lowest BCUT2D eigenvalue weighted by Crippen LogP contribution is -2.69. The fourth-order valence-electron chi connectivity index (χ4n) is 5.40. The maximum atomic E-state index is 14.7. The van der Waals surface area contributed by atoms with E-state index in [1.54, 1.807) is 7.05 Å². The maximum Gasteiger partial charge on any atom is 0.179 e. The molecule has 9 unspecified atom stereocenters. The van der Waals surface area contributed by atoms with Gasteiger partial charge in [0.25, 0.3) is 0 Å². The first kappa shape index (κ1) is 28.4. The Morgan fingerprint density at radius 1 is 0.889 bits per heavy atom. The molecule has 0 amide bonds. The van der Waals surface area contributed by atoms with Crippen LogP contribution >= 0.6 is 0 Å². The van der Waals surface area contributed by atoms with Crippen LogP contribution in [0.4, 0.5) is 4.39 Å². The summed E-state index contributed by atoms with van der Waals surface area (Å²) >= 11 is 0. The predicted molar refractivity (Wildman–Crippen MR) is 121 cm³/mol. The van der Waals surface area contributed by atoms with E-state index in [4.69, 9.17) is 46.6 Å². The van der Waals surface area contributed by atoms with E-state index in [1.807, 2.05) is 0 Å². The number of aliphatic hydroxyl groups excluding tert-OH is 4. The SMILES string of the molecule is CNC1C(O[C@@H]2CC(O)[C@H](N)C(CO)O2)O[C@H]2CC(N)[C@@H](O[C@@H]3C(N)C[C@@H](N)C(O)[C@H]3F)OC2C1O. The van der Waals surface area contributed by atoms with Crippen molar-refractivity contribution < 1.29 is 48.5 Å². The third-order valence-corrected chi connectivity index (χ3v) is 7.59. The Hall–Kier alpha value is -0.630. The number of fused-ring (bicyclic) bond motifs is 1. The highest BCUT2D eigenvalue weighted by Gasteiger charge is 2.53. The Balaban J connectivity index is 1.41. The molecule has 16 atom stereocenters. The number of nitrogens with two attached hydrogens (primary N) is 4. The van der Waals surface area contributed by atoms with Crippen molar-refractivity contribution >= 4 is 0 Å². The smallest absolute Gasteiger partial charge is 0.179 e. The molecule has 14 nitrogen and oxygen atoms in total. The molecule has 3 heterocycles. The van der Waals surface area contributed by atoms with E-state index >= 15 is 0 Å². The molecule has 4 fully saturated rings. The fraction of sp³-hybridized carbons (Fsp3) is 1.00.